The Morgan fingerprint density at radius 3 is 2.67 bits per heavy atom. The molecule has 4 N–H and O–H groups in total. The number of alkyl halides is 3. The summed E-state index contributed by atoms with van der Waals surface area (Å²) in [5, 5.41) is 24.5. The molecule has 33 heavy (non-hydrogen) atoms. The van der Waals surface area contributed by atoms with Gasteiger partial charge in [-0.3, -0.25) is 9.59 Å². The van der Waals surface area contributed by atoms with Gasteiger partial charge in [-0.1, -0.05) is 11.8 Å². The maximum absolute atomic E-state index is 13.8. The zero-order chi connectivity index (χ0) is 24.7. The lowest BCUT2D eigenvalue weighted by atomic mass is 9.97. The van der Waals surface area contributed by atoms with Gasteiger partial charge in [-0.25, -0.2) is 4.68 Å². The molecule has 0 bridgehead atoms. The first kappa shape index (κ1) is 24.1. The Morgan fingerprint density at radius 1 is 1.42 bits per heavy atom. The van der Waals surface area contributed by atoms with Crippen LogP contribution < -0.4 is 10.5 Å². The summed E-state index contributed by atoms with van der Waals surface area (Å²) in [5.74, 6) is 2.99. The maximum atomic E-state index is 13.8. The van der Waals surface area contributed by atoms with Crippen LogP contribution in [0, 0.1) is 11.8 Å². The van der Waals surface area contributed by atoms with Crippen LogP contribution in [0.5, 0.6) is 5.75 Å². The number of aromatic nitrogens is 2. The van der Waals surface area contributed by atoms with Crippen molar-refractivity contribution < 1.29 is 37.7 Å². The predicted octanol–water partition coefficient (Wildman–Crippen LogP) is 0.781. The van der Waals surface area contributed by atoms with Gasteiger partial charge in [0.1, 0.15) is 29.2 Å². The fraction of sp³-hybridized carbons (Fsp3) is 0.381. The van der Waals surface area contributed by atoms with Gasteiger partial charge in [-0.15, -0.1) is 0 Å². The first-order valence-corrected chi connectivity index (χ1v) is 9.72. The van der Waals surface area contributed by atoms with Gasteiger partial charge >= 0.3 is 6.18 Å². The maximum Gasteiger partial charge on any atom is 0.420 e. The molecule has 0 saturated carbocycles. The highest BCUT2D eigenvalue weighted by atomic mass is 19.4. The summed E-state index contributed by atoms with van der Waals surface area (Å²) >= 11 is 0. The van der Waals surface area contributed by atoms with Crippen molar-refractivity contribution in [1.82, 2.24) is 14.7 Å². The SMILES string of the molecule is CCN(C)C(=O)C(O)C#Cc1ccc2c(c1)-n1nc(C(N)=O)c(C(F)(F)F)c1C(C)(O)CO2. The van der Waals surface area contributed by atoms with E-state index in [1.54, 1.807) is 6.92 Å². The molecule has 2 unspecified atom stereocenters. The molecule has 0 spiro atoms. The summed E-state index contributed by atoms with van der Waals surface area (Å²) < 4.78 is 47.8. The lowest BCUT2D eigenvalue weighted by Gasteiger charge is -2.23. The third-order valence-electron chi connectivity index (χ3n) is 5.05. The van der Waals surface area contributed by atoms with Crippen molar-refractivity contribution in [2.24, 2.45) is 5.73 Å². The molecule has 176 valence electrons. The number of benzene rings is 1. The standard InChI is InChI=1S/C21H21F3N4O5/c1-4-27(3)19(31)13(29)7-5-11-6-8-14-12(9-11)28-17(20(2,32)10-33-14)15(21(22,23)24)16(26-28)18(25)30/h6,8-9,13,29,32H,4,10H2,1-3H3,(H2,25,30). The Hall–Kier alpha value is -3.56. The third kappa shape index (κ3) is 4.50. The number of fused-ring (bicyclic) bond motifs is 3. The van der Waals surface area contributed by atoms with Gasteiger partial charge in [-0.05, 0) is 32.0 Å². The van der Waals surface area contributed by atoms with Gasteiger partial charge in [0.05, 0.1) is 5.69 Å². The van der Waals surface area contributed by atoms with E-state index in [2.05, 4.69) is 16.9 Å². The number of hydrogen-bond acceptors (Lipinski definition) is 6. The first-order valence-electron chi connectivity index (χ1n) is 9.72. The Morgan fingerprint density at radius 2 is 2.09 bits per heavy atom. The highest BCUT2D eigenvalue weighted by Crippen LogP contribution is 2.43. The van der Waals surface area contributed by atoms with Crippen molar-refractivity contribution in [1.29, 1.82) is 0 Å². The second-order valence-corrected chi connectivity index (χ2v) is 7.62. The van der Waals surface area contributed by atoms with E-state index in [0.717, 1.165) is 11.6 Å². The van der Waals surface area contributed by atoms with E-state index in [1.165, 1.54) is 30.1 Å². The van der Waals surface area contributed by atoms with Crippen molar-refractivity contribution in [3.63, 3.8) is 0 Å². The number of amides is 2. The summed E-state index contributed by atoms with van der Waals surface area (Å²) in [4.78, 5) is 25.0. The minimum atomic E-state index is -5.04. The minimum absolute atomic E-state index is 0.0425. The zero-order valence-corrected chi connectivity index (χ0v) is 17.9. The number of ether oxygens (including phenoxy) is 1. The van der Waals surface area contributed by atoms with Gasteiger partial charge in [-0.2, -0.15) is 18.3 Å². The van der Waals surface area contributed by atoms with E-state index < -0.39 is 53.3 Å². The summed E-state index contributed by atoms with van der Waals surface area (Å²) in [6, 6.07) is 4.14. The lowest BCUT2D eigenvalue weighted by molar-refractivity contribution is -0.141. The molecule has 2 amide bonds. The molecule has 0 aliphatic carbocycles. The summed E-state index contributed by atoms with van der Waals surface area (Å²) in [7, 11) is 1.49. The zero-order valence-electron chi connectivity index (χ0n) is 17.9. The van der Waals surface area contributed by atoms with Crippen molar-refractivity contribution in [2.75, 3.05) is 20.2 Å². The third-order valence-corrected chi connectivity index (χ3v) is 5.05. The summed E-state index contributed by atoms with van der Waals surface area (Å²) in [5.41, 5.74) is -0.105. The molecule has 1 aromatic carbocycles. The quantitative estimate of drug-likeness (QED) is 0.573. The predicted molar refractivity (Wildman–Crippen MR) is 108 cm³/mol. The van der Waals surface area contributed by atoms with Gasteiger partial charge in [0.25, 0.3) is 11.8 Å². The molecule has 2 atom stereocenters. The van der Waals surface area contributed by atoms with Gasteiger partial charge < -0.3 is 25.6 Å². The number of halogens is 3. The second-order valence-electron chi connectivity index (χ2n) is 7.62. The molecule has 1 aromatic heterocycles. The molecule has 0 radical (unpaired) electrons. The Bertz CT molecular complexity index is 1180. The molecular weight excluding hydrogens is 445 g/mol. The largest absolute Gasteiger partial charge is 0.488 e. The van der Waals surface area contributed by atoms with E-state index in [9.17, 15) is 33.0 Å². The van der Waals surface area contributed by atoms with E-state index in [4.69, 9.17) is 10.5 Å². The molecule has 2 heterocycles. The lowest BCUT2D eigenvalue weighted by Crippen LogP contribution is -2.35. The first-order chi connectivity index (χ1) is 15.3. The van der Waals surface area contributed by atoms with Crippen molar-refractivity contribution in [3.05, 3.63) is 40.7 Å². The molecule has 0 fully saturated rings. The number of aliphatic hydroxyl groups excluding tert-OH is 1. The molecule has 1 aliphatic rings. The van der Waals surface area contributed by atoms with E-state index in [-0.39, 0.29) is 17.0 Å². The molecule has 0 saturated heterocycles. The number of carbonyl (C=O) groups is 2. The monoisotopic (exact) mass is 466 g/mol. The number of nitrogens with two attached hydrogens (primary N) is 1. The van der Waals surface area contributed by atoms with Crippen LogP contribution in [0.3, 0.4) is 0 Å². The second kappa shape index (κ2) is 8.42. The van der Waals surface area contributed by atoms with Crippen LogP contribution in [0.25, 0.3) is 5.69 Å². The number of hydrogen-bond donors (Lipinski definition) is 3. The fourth-order valence-corrected chi connectivity index (χ4v) is 3.28. The average Bonchev–Trinajstić information content (AvgIpc) is 3.13. The van der Waals surface area contributed by atoms with Crippen LogP contribution in [0.2, 0.25) is 0 Å². The Labute approximate surface area is 186 Å². The number of rotatable bonds is 3. The van der Waals surface area contributed by atoms with E-state index in [0.29, 0.717) is 6.54 Å². The van der Waals surface area contributed by atoms with Gasteiger partial charge in [0.2, 0.25) is 0 Å². The number of primary amides is 1. The van der Waals surface area contributed by atoms with Crippen LogP contribution in [0.15, 0.2) is 18.2 Å². The van der Waals surface area contributed by atoms with Crippen LogP contribution in [0.4, 0.5) is 13.2 Å². The normalized spacial score (nSPS) is 18.1. The smallest absolute Gasteiger partial charge is 0.420 e. The number of likely N-dealkylation sites (N-methyl/N-ethyl adjacent to an activating group) is 1. The van der Waals surface area contributed by atoms with Crippen LogP contribution in [-0.4, -0.2) is 63.0 Å². The Kier molecular flexibility index (Phi) is 6.14. The van der Waals surface area contributed by atoms with E-state index >= 15 is 0 Å². The van der Waals surface area contributed by atoms with Crippen LogP contribution in [-0.2, 0) is 16.6 Å². The van der Waals surface area contributed by atoms with Crippen molar-refractivity contribution in [3.8, 4) is 23.3 Å². The molecule has 3 rings (SSSR count). The van der Waals surface area contributed by atoms with Crippen LogP contribution >= 0.6 is 0 Å². The summed E-state index contributed by atoms with van der Waals surface area (Å²) in [6.07, 6.45) is -6.65. The molecule has 9 nitrogen and oxygen atoms in total. The average molecular weight is 466 g/mol. The van der Waals surface area contributed by atoms with E-state index in [1.807, 2.05) is 0 Å². The topological polar surface area (TPSA) is 131 Å². The minimum Gasteiger partial charge on any atom is -0.488 e. The highest BCUT2D eigenvalue weighted by molar-refractivity contribution is 5.93. The molecule has 1 aliphatic heterocycles. The molecule has 12 heteroatoms. The number of aliphatic hydroxyl groups is 2. The van der Waals surface area contributed by atoms with Gasteiger partial charge in [0, 0.05) is 19.2 Å². The van der Waals surface area contributed by atoms with Gasteiger partial charge in [0.15, 0.2) is 11.8 Å². The molecular formula is C21H21F3N4O5. The number of nitrogens with zero attached hydrogens (tertiary/aromatic N) is 3. The summed E-state index contributed by atoms with van der Waals surface area (Å²) in [6.45, 7) is 2.62. The van der Waals surface area contributed by atoms with Crippen molar-refractivity contribution in [2.45, 2.75) is 31.7 Å². The Balaban J connectivity index is 2.18. The fourth-order valence-electron chi connectivity index (χ4n) is 3.28. The molecule has 2 aromatic rings. The van der Waals surface area contributed by atoms with Crippen molar-refractivity contribution >= 4 is 11.8 Å². The number of carbonyl (C=O) groups excluding carboxylic acids is 2. The highest BCUT2D eigenvalue weighted by Gasteiger charge is 2.48. The van der Waals surface area contributed by atoms with Crippen LogP contribution in [0.1, 0.15) is 41.2 Å².